The minimum absolute atomic E-state index is 0.134. The molecule has 7 heteroatoms. The van der Waals surface area contributed by atoms with Gasteiger partial charge in [0.1, 0.15) is 16.4 Å². The number of hydrogen-bond donors (Lipinski definition) is 1. The third-order valence-corrected chi connectivity index (χ3v) is 4.28. The monoisotopic (exact) mass is 316 g/mol. The summed E-state index contributed by atoms with van der Waals surface area (Å²) in [5.41, 5.74) is 1.17. The first-order valence-electron chi connectivity index (χ1n) is 5.55. The van der Waals surface area contributed by atoms with Gasteiger partial charge >= 0.3 is 0 Å². The second kappa shape index (κ2) is 5.86. The van der Waals surface area contributed by atoms with Crippen LogP contribution in [-0.4, -0.2) is 10.3 Å². The van der Waals surface area contributed by atoms with Crippen molar-refractivity contribution in [1.82, 2.24) is 9.69 Å². The Balaban J connectivity index is 2.10. The molecule has 0 aromatic carbocycles. The predicted octanol–water partition coefficient (Wildman–Crippen LogP) is 2.77. The van der Waals surface area contributed by atoms with Crippen LogP contribution < -0.4 is 9.88 Å². The highest BCUT2D eigenvalue weighted by Gasteiger charge is 2.19. The van der Waals surface area contributed by atoms with Gasteiger partial charge in [-0.1, -0.05) is 23.2 Å². The lowest BCUT2D eigenvalue weighted by molar-refractivity contribution is -0.671. The normalized spacial score (nSPS) is 12.2. The smallest absolute Gasteiger partial charge is 0.273 e. The van der Waals surface area contributed by atoms with E-state index in [9.17, 15) is 4.79 Å². The Bertz CT molecular complexity index is 598. The molecule has 0 aliphatic heterocycles. The highest BCUT2D eigenvalue weighted by atomic mass is 35.5. The largest absolute Gasteiger partial charge is 0.344 e. The maximum atomic E-state index is 12.0. The summed E-state index contributed by atoms with van der Waals surface area (Å²) in [6.07, 6.45) is 3.84. The number of nitrogens with zero attached hydrogens (tertiary/aromatic N) is 2. The molecule has 0 aliphatic rings. The zero-order chi connectivity index (χ0) is 14.0. The van der Waals surface area contributed by atoms with Gasteiger partial charge in [-0.25, -0.2) is 4.57 Å². The predicted molar refractivity (Wildman–Crippen MR) is 75.6 cm³/mol. The van der Waals surface area contributed by atoms with E-state index in [1.807, 2.05) is 43.1 Å². The number of aromatic nitrogens is 2. The molecule has 0 saturated carbocycles. The van der Waals surface area contributed by atoms with Crippen molar-refractivity contribution in [2.75, 3.05) is 0 Å². The number of carbonyl (C=O) groups excluding carboxylic acids is 1. The zero-order valence-corrected chi connectivity index (χ0v) is 12.7. The number of carbonyl (C=O) groups is 1. The molecule has 2 aromatic rings. The lowest BCUT2D eigenvalue weighted by Crippen LogP contribution is -2.29. The number of amides is 1. The van der Waals surface area contributed by atoms with Gasteiger partial charge in [-0.2, -0.15) is 4.37 Å². The fourth-order valence-electron chi connectivity index (χ4n) is 1.55. The fraction of sp³-hybridized carbons (Fsp3) is 0.250. The summed E-state index contributed by atoms with van der Waals surface area (Å²) in [5.74, 6) is -0.325. The topological polar surface area (TPSA) is 45.9 Å². The van der Waals surface area contributed by atoms with E-state index in [0.29, 0.717) is 4.34 Å². The minimum Gasteiger partial charge on any atom is -0.344 e. The molecule has 100 valence electrons. The summed E-state index contributed by atoms with van der Waals surface area (Å²) in [4.78, 5) is 12.0. The molecule has 2 heterocycles. The lowest BCUT2D eigenvalue weighted by Gasteiger charge is -2.12. The van der Waals surface area contributed by atoms with Gasteiger partial charge in [0.25, 0.3) is 5.91 Å². The fourth-order valence-corrected chi connectivity index (χ4v) is 2.55. The molecule has 0 spiro atoms. The van der Waals surface area contributed by atoms with Crippen LogP contribution in [0.1, 0.15) is 29.0 Å². The second-order valence-electron chi connectivity index (χ2n) is 4.11. The van der Waals surface area contributed by atoms with Crippen LogP contribution in [0, 0.1) is 0 Å². The van der Waals surface area contributed by atoms with Crippen molar-refractivity contribution >= 4 is 40.6 Å². The summed E-state index contributed by atoms with van der Waals surface area (Å²) in [7, 11) is 1.93. The Kier molecular flexibility index (Phi) is 4.39. The van der Waals surface area contributed by atoms with Crippen LogP contribution in [0.25, 0.3) is 0 Å². The Hall–Kier alpha value is -1.17. The molecule has 2 rings (SSSR count). The number of rotatable bonds is 3. The molecule has 1 N–H and O–H groups in total. The average Bonchev–Trinajstić information content (AvgIpc) is 2.70. The van der Waals surface area contributed by atoms with Crippen molar-refractivity contribution in [3.05, 3.63) is 45.1 Å². The first-order valence-corrected chi connectivity index (χ1v) is 7.08. The van der Waals surface area contributed by atoms with Crippen molar-refractivity contribution in [2.24, 2.45) is 7.05 Å². The summed E-state index contributed by atoms with van der Waals surface area (Å²) in [5, 5.41) is 3.04. The Morgan fingerprint density at radius 3 is 2.58 bits per heavy atom. The van der Waals surface area contributed by atoms with E-state index < -0.39 is 0 Å². The third-order valence-electron chi connectivity index (χ3n) is 2.66. The molecule has 0 radical (unpaired) electrons. The van der Waals surface area contributed by atoms with Gasteiger partial charge in [-0.3, -0.25) is 4.79 Å². The number of pyridine rings is 1. The van der Waals surface area contributed by atoms with Crippen LogP contribution in [0.4, 0.5) is 0 Å². The van der Waals surface area contributed by atoms with Gasteiger partial charge in [0.15, 0.2) is 18.1 Å². The highest BCUT2D eigenvalue weighted by Crippen LogP contribution is 2.29. The number of nitrogens with one attached hydrogen (secondary N) is 1. The maximum Gasteiger partial charge on any atom is 0.273 e. The third kappa shape index (κ3) is 3.23. The number of halogens is 2. The van der Waals surface area contributed by atoms with Gasteiger partial charge in [-0.15, -0.1) is 0 Å². The molecule has 0 bridgehead atoms. The SMILES string of the molecule is CC(NC(=O)c1nsc(Cl)c1Cl)c1cc[n+](C)cc1. The molecule has 19 heavy (non-hydrogen) atoms. The molecule has 1 unspecified atom stereocenters. The van der Waals surface area contributed by atoms with Crippen molar-refractivity contribution in [1.29, 1.82) is 0 Å². The molecule has 1 atom stereocenters. The van der Waals surface area contributed by atoms with Gasteiger partial charge in [0, 0.05) is 12.1 Å². The van der Waals surface area contributed by atoms with E-state index in [-0.39, 0.29) is 22.7 Å². The van der Waals surface area contributed by atoms with E-state index in [2.05, 4.69) is 9.69 Å². The number of hydrogen-bond acceptors (Lipinski definition) is 3. The van der Waals surface area contributed by atoms with Crippen LogP contribution in [0.15, 0.2) is 24.5 Å². The van der Waals surface area contributed by atoms with Crippen molar-refractivity contribution in [2.45, 2.75) is 13.0 Å². The standard InChI is InChI=1S/C12H11Cl2N3OS/c1-7(8-3-5-17(2)6-4-8)15-12(18)10-9(13)11(14)19-16-10/h3-7H,1-2H3/p+1. The van der Waals surface area contributed by atoms with E-state index >= 15 is 0 Å². The van der Waals surface area contributed by atoms with Crippen LogP contribution in [0.3, 0.4) is 0 Å². The molecule has 0 aliphatic carbocycles. The molecular formula is C12H12Cl2N3OS+. The van der Waals surface area contributed by atoms with Crippen LogP contribution in [-0.2, 0) is 7.05 Å². The summed E-state index contributed by atoms with van der Waals surface area (Å²) >= 11 is 12.7. The van der Waals surface area contributed by atoms with Crippen molar-refractivity contribution in [3.63, 3.8) is 0 Å². The Morgan fingerprint density at radius 1 is 1.42 bits per heavy atom. The van der Waals surface area contributed by atoms with Gasteiger partial charge < -0.3 is 5.32 Å². The van der Waals surface area contributed by atoms with Crippen molar-refractivity contribution in [3.8, 4) is 0 Å². The zero-order valence-electron chi connectivity index (χ0n) is 10.4. The minimum atomic E-state index is -0.325. The molecular weight excluding hydrogens is 305 g/mol. The van der Waals surface area contributed by atoms with E-state index in [1.54, 1.807) is 0 Å². The molecule has 2 aromatic heterocycles. The quantitative estimate of drug-likeness (QED) is 0.885. The first-order chi connectivity index (χ1) is 8.99. The lowest BCUT2D eigenvalue weighted by atomic mass is 10.1. The molecule has 0 fully saturated rings. The van der Waals surface area contributed by atoms with Gasteiger partial charge in [0.05, 0.1) is 6.04 Å². The van der Waals surface area contributed by atoms with E-state index in [4.69, 9.17) is 23.2 Å². The Labute approximate surface area is 125 Å². The van der Waals surface area contributed by atoms with E-state index in [0.717, 1.165) is 17.1 Å². The summed E-state index contributed by atoms with van der Waals surface area (Å²) in [6, 6.07) is 3.76. The van der Waals surface area contributed by atoms with Gasteiger partial charge in [0.2, 0.25) is 0 Å². The van der Waals surface area contributed by atoms with Crippen LogP contribution in [0.2, 0.25) is 9.36 Å². The first kappa shape index (κ1) is 14.2. The van der Waals surface area contributed by atoms with Crippen LogP contribution >= 0.6 is 34.7 Å². The summed E-state index contributed by atoms with van der Waals surface area (Å²) in [6.45, 7) is 1.90. The van der Waals surface area contributed by atoms with E-state index in [1.165, 1.54) is 0 Å². The van der Waals surface area contributed by atoms with Crippen molar-refractivity contribution < 1.29 is 9.36 Å². The number of aryl methyl sites for hydroxylation is 1. The van der Waals surface area contributed by atoms with Gasteiger partial charge in [-0.05, 0) is 24.0 Å². The molecule has 4 nitrogen and oxygen atoms in total. The second-order valence-corrected chi connectivity index (χ2v) is 5.86. The average molecular weight is 317 g/mol. The molecule has 1 amide bonds. The maximum absolute atomic E-state index is 12.0. The van der Waals surface area contributed by atoms with Crippen LogP contribution in [0.5, 0.6) is 0 Å². The summed E-state index contributed by atoms with van der Waals surface area (Å²) < 4.78 is 6.19. The highest BCUT2D eigenvalue weighted by molar-refractivity contribution is 7.11. The Morgan fingerprint density at radius 2 is 2.05 bits per heavy atom. The molecule has 0 saturated heterocycles.